The Hall–Kier alpha value is -2.11. The van der Waals surface area contributed by atoms with Crippen molar-refractivity contribution >= 4 is 39.8 Å². The molecule has 0 aliphatic carbocycles. The highest BCUT2D eigenvalue weighted by Gasteiger charge is 2.09. The molecule has 0 saturated heterocycles. The first-order valence-electron chi connectivity index (χ1n) is 5.66. The number of aromatic nitrogens is 2. The lowest BCUT2D eigenvalue weighted by Gasteiger charge is -2.05. The zero-order chi connectivity index (χ0) is 14.4. The topological polar surface area (TPSA) is 90.7 Å². The van der Waals surface area contributed by atoms with E-state index in [1.54, 1.807) is 31.3 Å². The third-order valence-corrected chi connectivity index (χ3v) is 4.34. The molecule has 0 saturated carbocycles. The molecule has 0 atom stereocenters. The number of thioether (sulfide) groups is 1. The van der Waals surface area contributed by atoms with Gasteiger partial charge in [0, 0.05) is 7.05 Å². The van der Waals surface area contributed by atoms with Gasteiger partial charge in [0.05, 0.1) is 17.0 Å². The maximum atomic E-state index is 11.8. The Balaban J connectivity index is 1.91. The molecule has 1 amide bonds. The molecule has 0 aliphatic rings. The van der Waals surface area contributed by atoms with Crippen molar-refractivity contribution < 1.29 is 4.79 Å². The van der Waals surface area contributed by atoms with Crippen molar-refractivity contribution in [3.05, 3.63) is 29.8 Å². The fourth-order valence-corrected chi connectivity index (χ4v) is 2.88. The normalized spacial score (nSPS) is 9.80. The van der Waals surface area contributed by atoms with Gasteiger partial charge in [-0.2, -0.15) is 5.26 Å². The summed E-state index contributed by atoms with van der Waals surface area (Å²) in [6.07, 6.45) is 0. The summed E-state index contributed by atoms with van der Waals surface area (Å²) in [7, 11) is 1.76. The minimum absolute atomic E-state index is 0.182. The minimum Gasteiger partial charge on any atom is -0.363 e. The number of rotatable bonds is 5. The summed E-state index contributed by atoms with van der Waals surface area (Å²) in [4.78, 5) is 11.8. The Bertz CT molecular complexity index is 649. The third kappa shape index (κ3) is 3.69. The molecule has 20 heavy (non-hydrogen) atoms. The standard InChI is InChI=1S/C12H11N5OS2/c1-14-11-16-17-12(20-11)19-7-10(18)15-9-5-3-2-4-8(9)6-13/h2-5H,7H2,1H3,(H,14,16)(H,15,18). The molecular weight excluding hydrogens is 294 g/mol. The van der Waals surface area contributed by atoms with Gasteiger partial charge >= 0.3 is 0 Å². The second-order valence-corrected chi connectivity index (χ2v) is 5.82. The first-order chi connectivity index (χ1) is 9.72. The highest BCUT2D eigenvalue weighted by atomic mass is 32.2. The Kier molecular flexibility index (Phi) is 4.92. The lowest BCUT2D eigenvalue weighted by molar-refractivity contribution is -0.113. The molecule has 1 heterocycles. The van der Waals surface area contributed by atoms with Crippen LogP contribution in [0.4, 0.5) is 10.8 Å². The Morgan fingerprint density at radius 1 is 1.45 bits per heavy atom. The lowest BCUT2D eigenvalue weighted by atomic mass is 10.2. The van der Waals surface area contributed by atoms with E-state index in [0.717, 1.165) is 4.34 Å². The summed E-state index contributed by atoms with van der Waals surface area (Å²) >= 11 is 2.69. The van der Waals surface area contributed by atoms with E-state index >= 15 is 0 Å². The van der Waals surface area contributed by atoms with Crippen molar-refractivity contribution in [3.63, 3.8) is 0 Å². The van der Waals surface area contributed by atoms with E-state index in [1.165, 1.54) is 23.1 Å². The van der Waals surface area contributed by atoms with Crippen molar-refractivity contribution in [3.8, 4) is 6.07 Å². The average molecular weight is 305 g/mol. The van der Waals surface area contributed by atoms with Crippen LogP contribution < -0.4 is 10.6 Å². The predicted molar refractivity (Wildman–Crippen MR) is 80.0 cm³/mol. The Morgan fingerprint density at radius 3 is 2.95 bits per heavy atom. The number of para-hydroxylation sites is 1. The molecule has 0 aliphatic heterocycles. The zero-order valence-electron chi connectivity index (χ0n) is 10.6. The van der Waals surface area contributed by atoms with Gasteiger partial charge in [-0.3, -0.25) is 4.79 Å². The Labute approximate surface area is 124 Å². The van der Waals surface area contributed by atoms with Gasteiger partial charge in [-0.25, -0.2) is 0 Å². The van der Waals surface area contributed by atoms with Gasteiger partial charge in [-0.1, -0.05) is 35.2 Å². The third-order valence-electron chi connectivity index (χ3n) is 2.27. The van der Waals surface area contributed by atoms with Crippen molar-refractivity contribution in [1.29, 1.82) is 5.26 Å². The largest absolute Gasteiger partial charge is 0.363 e. The van der Waals surface area contributed by atoms with Crippen LogP contribution in [0.1, 0.15) is 5.56 Å². The van der Waals surface area contributed by atoms with Crippen LogP contribution in [0.3, 0.4) is 0 Å². The summed E-state index contributed by atoms with van der Waals surface area (Å²) in [6.45, 7) is 0. The maximum Gasteiger partial charge on any atom is 0.234 e. The molecule has 0 unspecified atom stereocenters. The monoisotopic (exact) mass is 305 g/mol. The first-order valence-corrected chi connectivity index (χ1v) is 7.46. The minimum atomic E-state index is -0.182. The number of nitriles is 1. The van der Waals surface area contributed by atoms with Gasteiger partial charge in [0.15, 0.2) is 4.34 Å². The number of benzene rings is 1. The van der Waals surface area contributed by atoms with E-state index in [1.807, 2.05) is 6.07 Å². The number of carbonyl (C=O) groups excluding carboxylic acids is 1. The fraction of sp³-hybridized carbons (Fsp3) is 0.167. The van der Waals surface area contributed by atoms with Gasteiger partial charge in [0.25, 0.3) is 0 Å². The van der Waals surface area contributed by atoms with Gasteiger partial charge < -0.3 is 10.6 Å². The summed E-state index contributed by atoms with van der Waals surface area (Å²) in [5.74, 6) is 0.0388. The molecule has 1 aromatic heterocycles. The molecule has 2 aromatic rings. The average Bonchev–Trinajstić information content (AvgIpc) is 2.94. The van der Waals surface area contributed by atoms with Crippen LogP contribution >= 0.6 is 23.1 Å². The van der Waals surface area contributed by atoms with Crippen LogP contribution in [0.15, 0.2) is 28.6 Å². The summed E-state index contributed by atoms with van der Waals surface area (Å²) < 4.78 is 0.720. The number of nitrogens with zero attached hydrogens (tertiary/aromatic N) is 3. The van der Waals surface area contributed by atoms with E-state index in [-0.39, 0.29) is 11.7 Å². The fourth-order valence-electron chi connectivity index (χ4n) is 1.37. The molecule has 1 aromatic carbocycles. The van der Waals surface area contributed by atoms with Crippen LogP contribution in [0.25, 0.3) is 0 Å². The van der Waals surface area contributed by atoms with Crippen molar-refractivity contribution in [2.45, 2.75) is 4.34 Å². The number of amides is 1. The molecule has 2 rings (SSSR count). The number of nitrogens with one attached hydrogen (secondary N) is 2. The highest BCUT2D eigenvalue weighted by molar-refractivity contribution is 8.01. The molecule has 0 fully saturated rings. The smallest absolute Gasteiger partial charge is 0.234 e. The summed E-state index contributed by atoms with van der Waals surface area (Å²) in [6, 6.07) is 8.92. The van der Waals surface area contributed by atoms with Crippen LogP contribution in [-0.4, -0.2) is 28.9 Å². The van der Waals surface area contributed by atoms with Crippen LogP contribution in [0.5, 0.6) is 0 Å². The second-order valence-electron chi connectivity index (χ2n) is 3.62. The van der Waals surface area contributed by atoms with E-state index in [4.69, 9.17) is 5.26 Å². The predicted octanol–water partition coefficient (Wildman–Crippen LogP) is 2.18. The number of anilines is 2. The number of carbonyl (C=O) groups is 1. The van der Waals surface area contributed by atoms with Gasteiger partial charge in [-0.05, 0) is 12.1 Å². The molecular formula is C12H11N5OS2. The first kappa shape index (κ1) is 14.3. The molecule has 0 spiro atoms. The SMILES string of the molecule is CNc1nnc(SCC(=O)Nc2ccccc2C#N)s1. The number of hydrogen-bond acceptors (Lipinski definition) is 7. The van der Waals surface area contributed by atoms with Crippen molar-refractivity contribution in [1.82, 2.24) is 10.2 Å². The molecule has 0 radical (unpaired) electrons. The van der Waals surface area contributed by atoms with E-state index in [2.05, 4.69) is 20.8 Å². The van der Waals surface area contributed by atoms with Crippen LogP contribution in [-0.2, 0) is 4.79 Å². The summed E-state index contributed by atoms with van der Waals surface area (Å²) in [5.41, 5.74) is 0.966. The van der Waals surface area contributed by atoms with Crippen LogP contribution in [0, 0.1) is 11.3 Å². The van der Waals surface area contributed by atoms with Gasteiger partial charge in [0.2, 0.25) is 11.0 Å². The number of hydrogen-bond donors (Lipinski definition) is 2. The molecule has 0 bridgehead atoms. The van der Waals surface area contributed by atoms with E-state index in [0.29, 0.717) is 16.4 Å². The van der Waals surface area contributed by atoms with Crippen molar-refractivity contribution in [2.24, 2.45) is 0 Å². The van der Waals surface area contributed by atoms with Crippen LogP contribution in [0.2, 0.25) is 0 Å². The van der Waals surface area contributed by atoms with Crippen molar-refractivity contribution in [2.75, 3.05) is 23.4 Å². The van der Waals surface area contributed by atoms with Gasteiger partial charge in [-0.15, -0.1) is 10.2 Å². The maximum absolute atomic E-state index is 11.8. The van der Waals surface area contributed by atoms with E-state index < -0.39 is 0 Å². The van der Waals surface area contributed by atoms with Gasteiger partial charge in [0.1, 0.15) is 6.07 Å². The molecule has 102 valence electrons. The quantitative estimate of drug-likeness (QED) is 0.823. The summed E-state index contributed by atoms with van der Waals surface area (Å²) in [5, 5.41) is 23.1. The highest BCUT2D eigenvalue weighted by Crippen LogP contribution is 2.25. The molecule has 2 N–H and O–H groups in total. The van der Waals surface area contributed by atoms with E-state index in [9.17, 15) is 4.79 Å². The lowest BCUT2D eigenvalue weighted by Crippen LogP contribution is -2.14. The Morgan fingerprint density at radius 2 is 2.25 bits per heavy atom. The molecule has 8 heteroatoms. The molecule has 6 nitrogen and oxygen atoms in total. The second kappa shape index (κ2) is 6.88. The zero-order valence-corrected chi connectivity index (χ0v) is 12.2.